The summed E-state index contributed by atoms with van der Waals surface area (Å²) in [6.45, 7) is 0. The molecule has 132 valence electrons. The van der Waals surface area contributed by atoms with Gasteiger partial charge in [0.05, 0.1) is 16.7 Å². The highest BCUT2D eigenvalue weighted by Gasteiger charge is 2.14. The molecule has 4 aromatic heterocycles. The van der Waals surface area contributed by atoms with Crippen LogP contribution >= 0.6 is 11.3 Å². The maximum absolute atomic E-state index is 4.99. The minimum atomic E-state index is 0.927. The lowest BCUT2D eigenvalue weighted by Gasteiger charge is -2.09. The Kier molecular flexibility index (Phi) is 3.34. The second-order valence-corrected chi connectivity index (χ2v) is 7.74. The summed E-state index contributed by atoms with van der Waals surface area (Å²) in [6.07, 6.45) is 3.61. The molecule has 6 aromatic rings. The highest BCUT2D eigenvalue weighted by atomic mass is 32.1. The van der Waals surface area contributed by atoms with Crippen LogP contribution in [0, 0.1) is 0 Å². The average molecular weight is 377 g/mol. The smallest absolute Gasteiger partial charge is 0.138 e. The molecule has 0 atom stereocenters. The standard InChI is InChI=1S/C24H15N3S/c1-2-6-21-18(4-1)19-14-17-10-13-28-23(17)15-22(19)27(21)24-7-3-5-20(26-24)16-8-11-25-12-9-16/h1-15H. The number of hydrogen-bond donors (Lipinski definition) is 0. The first-order valence-electron chi connectivity index (χ1n) is 9.17. The van der Waals surface area contributed by atoms with Crippen molar-refractivity contribution in [1.82, 2.24) is 14.5 Å². The van der Waals surface area contributed by atoms with Crippen molar-refractivity contribution in [3.63, 3.8) is 0 Å². The van der Waals surface area contributed by atoms with Crippen LogP contribution in [-0.4, -0.2) is 14.5 Å². The number of nitrogens with zero attached hydrogens (tertiary/aromatic N) is 3. The Morgan fingerprint density at radius 2 is 1.64 bits per heavy atom. The summed E-state index contributed by atoms with van der Waals surface area (Å²) < 4.78 is 3.57. The molecule has 0 unspecified atom stereocenters. The molecule has 3 nitrogen and oxygen atoms in total. The van der Waals surface area contributed by atoms with E-state index in [0.717, 1.165) is 17.1 Å². The Bertz CT molecular complexity index is 1460. The molecule has 0 N–H and O–H groups in total. The maximum Gasteiger partial charge on any atom is 0.138 e. The van der Waals surface area contributed by atoms with E-state index in [1.807, 2.05) is 18.2 Å². The van der Waals surface area contributed by atoms with Gasteiger partial charge in [-0.2, -0.15) is 0 Å². The summed E-state index contributed by atoms with van der Waals surface area (Å²) in [6, 6.07) is 25.5. The van der Waals surface area contributed by atoms with Gasteiger partial charge in [0.15, 0.2) is 0 Å². The van der Waals surface area contributed by atoms with Crippen LogP contribution in [0.1, 0.15) is 0 Å². The van der Waals surface area contributed by atoms with Crippen molar-refractivity contribution in [2.24, 2.45) is 0 Å². The van der Waals surface area contributed by atoms with E-state index in [1.54, 1.807) is 23.7 Å². The van der Waals surface area contributed by atoms with E-state index in [-0.39, 0.29) is 0 Å². The number of thiophene rings is 1. The lowest BCUT2D eigenvalue weighted by Crippen LogP contribution is -1.98. The van der Waals surface area contributed by atoms with Crippen LogP contribution in [0.15, 0.2) is 90.6 Å². The Labute approximate surface area is 165 Å². The summed E-state index contributed by atoms with van der Waals surface area (Å²) in [5, 5.41) is 5.96. The fourth-order valence-electron chi connectivity index (χ4n) is 3.90. The third-order valence-corrected chi connectivity index (χ3v) is 6.07. The van der Waals surface area contributed by atoms with Gasteiger partial charge in [-0.25, -0.2) is 4.98 Å². The predicted molar refractivity (Wildman–Crippen MR) is 117 cm³/mol. The highest BCUT2D eigenvalue weighted by molar-refractivity contribution is 7.17. The molecule has 0 radical (unpaired) electrons. The van der Waals surface area contributed by atoms with Crippen molar-refractivity contribution < 1.29 is 0 Å². The van der Waals surface area contributed by atoms with E-state index in [0.29, 0.717) is 0 Å². The van der Waals surface area contributed by atoms with Gasteiger partial charge in [0.1, 0.15) is 5.82 Å². The van der Waals surface area contributed by atoms with Crippen LogP contribution in [0.25, 0.3) is 49.0 Å². The van der Waals surface area contributed by atoms with E-state index in [1.165, 1.54) is 31.9 Å². The normalized spacial score (nSPS) is 11.6. The van der Waals surface area contributed by atoms with Crippen LogP contribution in [0.2, 0.25) is 0 Å². The van der Waals surface area contributed by atoms with Gasteiger partial charge in [0.25, 0.3) is 0 Å². The zero-order valence-electron chi connectivity index (χ0n) is 14.9. The van der Waals surface area contributed by atoms with E-state index < -0.39 is 0 Å². The largest absolute Gasteiger partial charge is 0.294 e. The summed E-state index contributed by atoms with van der Waals surface area (Å²) in [5.41, 5.74) is 4.38. The first kappa shape index (κ1) is 15.5. The Hall–Kier alpha value is -3.50. The first-order chi connectivity index (χ1) is 13.9. The van der Waals surface area contributed by atoms with E-state index in [9.17, 15) is 0 Å². The second kappa shape index (κ2) is 6.01. The molecule has 4 heterocycles. The molecule has 0 saturated carbocycles. The van der Waals surface area contributed by atoms with Crippen LogP contribution in [0.3, 0.4) is 0 Å². The fourth-order valence-corrected chi connectivity index (χ4v) is 4.71. The molecule has 0 aliphatic heterocycles. The van der Waals surface area contributed by atoms with Gasteiger partial charge in [-0.05, 0) is 59.3 Å². The quantitative estimate of drug-likeness (QED) is 0.347. The van der Waals surface area contributed by atoms with E-state index >= 15 is 0 Å². The topological polar surface area (TPSA) is 30.7 Å². The van der Waals surface area contributed by atoms with Crippen LogP contribution in [0.4, 0.5) is 0 Å². The van der Waals surface area contributed by atoms with Crippen molar-refractivity contribution in [2.75, 3.05) is 0 Å². The molecule has 0 fully saturated rings. The number of pyridine rings is 2. The third kappa shape index (κ3) is 2.28. The van der Waals surface area contributed by atoms with Crippen LogP contribution in [0.5, 0.6) is 0 Å². The molecular formula is C24H15N3S. The highest BCUT2D eigenvalue weighted by Crippen LogP contribution is 2.36. The van der Waals surface area contributed by atoms with E-state index in [4.69, 9.17) is 4.98 Å². The Morgan fingerprint density at radius 3 is 2.57 bits per heavy atom. The minimum absolute atomic E-state index is 0.927. The van der Waals surface area contributed by atoms with Gasteiger partial charge >= 0.3 is 0 Å². The zero-order valence-corrected chi connectivity index (χ0v) is 15.7. The lowest BCUT2D eigenvalue weighted by atomic mass is 10.1. The second-order valence-electron chi connectivity index (χ2n) is 6.80. The zero-order chi connectivity index (χ0) is 18.5. The molecule has 0 bridgehead atoms. The van der Waals surface area contributed by atoms with Crippen molar-refractivity contribution in [3.8, 4) is 17.1 Å². The van der Waals surface area contributed by atoms with Crippen molar-refractivity contribution in [1.29, 1.82) is 0 Å². The molecule has 0 spiro atoms. The molecule has 28 heavy (non-hydrogen) atoms. The fraction of sp³-hybridized carbons (Fsp3) is 0. The summed E-state index contributed by atoms with van der Waals surface area (Å²) >= 11 is 1.78. The Morgan fingerprint density at radius 1 is 0.750 bits per heavy atom. The molecular weight excluding hydrogens is 362 g/mol. The number of benzene rings is 2. The maximum atomic E-state index is 4.99. The van der Waals surface area contributed by atoms with E-state index in [2.05, 4.69) is 69.5 Å². The molecule has 0 amide bonds. The van der Waals surface area contributed by atoms with Gasteiger partial charge in [-0.1, -0.05) is 24.3 Å². The number of rotatable bonds is 2. The van der Waals surface area contributed by atoms with Gasteiger partial charge in [0.2, 0.25) is 0 Å². The van der Waals surface area contributed by atoms with Gasteiger partial charge in [-0.15, -0.1) is 11.3 Å². The van der Waals surface area contributed by atoms with Crippen molar-refractivity contribution in [3.05, 3.63) is 90.6 Å². The summed E-state index contributed by atoms with van der Waals surface area (Å²) in [4.78, 5) is 9.11. The van der Waals surface area contributed by atoms with Crippen LogP contribution in [-0.2, 0) is 0 Å². The van der Waals surface area contributed by atoms with Crippen LogP contribution < -0.4 is 0 Å². The number of hydrogen-bond acceptors (Lipinski definition) is 3. The lowest BCUT2D eigenvalue weighted by molar-refractivity contribution is 1.08. The third-order valence-electron chi connectivity index (χ3n) is 5.19. The van der Waals surface area contributed by atoms with Gasteiger partial charge < -0.3 is 0 Å². The molecule has 0 aliphatic carbocycles. The van der Waals surface area contributed by atoms with Gasteiger partial charge in [0, 0.05) is 33.4 Å². The number of aromatic nitrogens is 3. The number of para-hydroxylation sites is 1. The SMILES string of the molecule is c1cc(-c2ccncc2)nc(-n2c3ccccc3c3cc4ccsc4cc32)c1. The number of fused-ring (bicyclic) bond motifs is 4. The summed E-state index contributed by atoms with van der Waals surface area (Å²) in [5.74, 6) is 0.927. The molecule has 4 heteroatoms. The molecule has 6 rings (SSSR count). The van der Waals surface area contributed by atoms with Gasteiger partial charge in [-0.3, -0.25) is 9.55 Å². The average Bonchev–Trinajstić information content (AvgIpc) is 3.34. The first-order valence-corrected chi connectivity index (χ1v) is 10.0. The van der Waals surface area contributed by atoms with Crippen molar-refractivity contribution >= 4 is 43.2 Å². The molecule has 0 saturated heterocycles. The molecule has 2 aromatic carbocycles. The molecule has 0 aliphatic rings. The predicted octanol–water partition coefficient (Wildman–Crippen LogP) is 6.46. The monoisotopic (exact) mass is 377 g/mol. The van der Waals surface area contributed by atoms with Crippen molar-refractivity contribution in [2.45, 2.75) is 0 Å². The Balaban J connectivity index is 1.69. The summed E-state index contributed by atoms with van der Waals surface area (Å²) in [7, 11) is 0. The minimum Gasteiger partial charge on any atom is -0.294 e.